The Morgan fingerprint density at radius 2 is 1.89 bits per heavy atom. The van der Waals surface area contributed by atoms with Gasteiger partial charge in [0.15, 0.2) is 0 Å². The number of nitrogens with zero attached hydrogens (tertiary/aromatic N) is 2. The summed E-state index contributed by atoms with van der Waals surface area (Å²) in [6.07, 6.45) is 0. The van der Waals surface area contributed by atoms with Gasteiger partial charge in [-0.15, -0.1) is 0 Å². The molecule has 0 aliphatic heterocycles. The summed E-state index contributed by atoms with van der Waals surface area (Å²) in [5, 5.41) is 0.987. The second-order valence-electron chi connectivity index (χ2n) is 5.13. The molecule has 2 rings (SSSR count). The molecule has 0 radical (unpaired) electrons. The summed E-state index contributed by atoms with van der Waals surface area (Å²) in [6, 6.07) is 7.50. The lowest BCUT2D eigenvalue weighted by Crippen LogP contribution is -2.29. The Balaban J connectivity index is 2.47. The minimum absolute atomic E-state index is 0.298. The Bertz CT molecular complexity index is 632. The molecule has 0 saturated heterocycles. The third kappa shape index (κ3) is 2.96. The van der Waals surface area contributed by atoms with Gasteiger partial charge in [0.25, 0.3) is 0 Å². The van der Waals surface area contributed by atoms with Crippen LogP contribution in [0.15, 0.2) is 33.5 Å². The molecule has 0 N–H and O–H groups in total. The summed E-state index contributed by atoms with van der Waals surface area (Å²) in [6.45, 7) is 3.75. The summed E-state index contributed by atoms with van der Waals surface area (Å²) in [5.41, 5.74) is 2.30. The molecule has 1 heterocycles. The van der Waals surface area contributed by atoms with Crippen molar-refractivity contribution in [2.24, 2.45) is 0 Å². The van der Waals surface area contributed by atoms with E-state index >= 15 is 0 Å². The van der Waals surface area contributed by atoms with Crippen LogP contribution in [0, 0.1) is 6.92 Å². The zero-order chi connectivity index (χ0) is 14.0. The molecule has 4 heteroatoms. The number of anilines is 1. The van der Waals surface area contributed by atoms with Gasteiger partial charge in [0, 0.05) is 31.6 Å². The summed E-state index contributed by atoms with van der Waals surface area (Å²) in [4.78, 5) is 15.9. The van der Waals surface area contributed by atoms with Crippen LogP contribution < -0.4 is 10.5 Å². The van der Waals surface area contributed by atoms with Gasteiger partial charge in [0.05, 0.1) is 5.69 Å². The van der Waals surface area contributed by atoms with E-state index in [0.717, 1.165) is 29.7 Å². The first-order chi connectivity index (χ1) is 8.99. The average molecular weight is 260 g/mol. The maximum Gasteiger partial charge on any atom is 0.338 e. The van der Waals surface area contributed by atoms with Crippen molar-refractivity contribution in [3.8, 4) is 0 Å². The van der Waals surface area contributed by atoms with E-state index in [1.54, 1.807) is 6.07 Å². The van der Waals surface area contributed by atoms with Gasteiger partial charge in [-0.05, 0) is 32.6 Å². The van der Waals surface area contributed by atoms with Gasteiger partial charge >= 0.3 is 5.63 Å². The number of aryl methyl sites for hydroxylation is 1. The Hall–Kier alpha value is -1.81. The predicted octanol–water partition coefficient (Wildman–Crippen LogP) is 2.10. The predicted molar refractivity (Wildman–Crippen MR) is 79.0 cm³/mol. The van der Waals surface area contributed by atoms with Crippen LogP contribution in [0.2, 0.25) is 0 Å². The van der Waals surface area contributed by atoms with E-state index in [2.05, 4.69) is 9.80 Å². The third-order valence-electron chi connectivity index (χ3n) is 3.24. The molecule has 102 valence electrons. The van der Waals surface area contributed by atoms with Crippen molar-refractivity contribution >= 4 is 16.7 Å². The van der Waals surface area contributed by atoms with E-state index in [9.17, 15) is 4.79 Å². The van der Waals surface area contributed by atoms with Crippen LogP contribution in [0.5, 0.6) is 0 Å². The van der Waals surface area contributed by atoms with Gasteiger partial charge in [0.2, 0.25) is 0 Å². The zero-order valence-corrected chi connectivity index (χ0v) is 11.9. The van der Waals surface area contributed by atoms with Gasteiger partial charge in [-0.3, -0.25) is 0 Å². The number of hydrogen-bond acceptors (Lipinski definition) is 4. The number of rotatable bonds is 4. The average Bonchev–Trinajstić information content (AvgIpc) is 2.36. The normalized spacial score (nSPS) is 11.2. The van der Waals surface area contributed by atoms with E-state index in [0.29, 0.717) is 5.58 Å². The van der Waals surface area contributed by atoms with Crippen LogP contribution >= 0.6 is 0 Å². The Morgan fingerprint density at radius 3 is 2.58 bits per heavy atom. The minimum Gasteiger partial charge on any atom is -0.422 e. The first kappa shape index (κ1) is 13.6. The Labute approximate surface area is 113 Å². The van der Waals surface area contributed by atoms with Crippen LogP contribution in [0.3, 0.4) is 0 Å². The molecule has 19 heavy (non-hydrogen) atoms. The summed E-state index contributed by atoms with van der Waals surface area (Å²) in [5.74, 6) is 0. The van der Waals surface area contributed by atoms with Crippen LogP contribution in [0.25, 0.3) is 11.0 Å². The van der Waals surface area contributed by atoms with Crippen molar-refractivity contribution in [1.29, 1.82) is 0 Å². The SMILES string of the molecule is Cc1cccc2c(N(C)CCN(C)C)cc(=O)oc12. The van der Waals surface area contributed by atoms with Crippen molar-refractivity contribution < 1.29 is 4.42 Å². The molecular formula is C15H20N2O2. The molecule has 4 nitrogen and oxygen atoms in total. The largest absolute Gasteiger partial charge is 0.422 e. The highest BCUT2D eigenvalue weighted by molar-refractivity contribution is 5.91. The molecule has 0 unspecified atom stereocenters. The molecule has 0 atom stereocenters. The molecular weight excluding hydrogens is 240 g/mol. The molecule has 0 aliphatic rings. The highest BCUT2D eigenvalue weighted by Gasteiger charge is 2.11. The summed E-state index contributed by atoms with van der Waals surface area (Å²) in [7, 11) is 6.07. The maximum atomic E-state index is 11.7. The first-order valence-corrected chi connectivity index (χ1v) is 6.38. The Kier molecular flexibility index (Phi) is 3.90. The van der Waals surface area contributed by atoms with Crippen LogP contribution in [-0.2, 0) is 0 Å². The number of fused-ring (bicyclic) bond motifs is 1. The molecule has 0 spiro atoms. The van der Waals surface area contributed by atoms with Crippen LogP contribution in [0.1, 0.15) is 5.56 Å². The lowest BCUT2D eigenvalue weighted by atomic mass is 10.1. The topological polar surface area (TPSA) is 36.7 Å². The molecule has 1 aromatic carbocycles. The molecule has 0 bridgehead atoms. The van der Waals surface area contributed by atoms with E-state index in [1.807, 2.05) is 46.3 Å². The second-order valence-corrected chi connectivity index (χ2v) is 5.13. The van der Waals surface area contributed by atoms with Crippen LogP contribution in [-0.4, -0.2) is 39.1 Å². The summed E-state index contributed by atoms with van der Waals surface area (Å²) < 4.78 is 5.32. The fraction of sp³-hybridized carbons (Fsp3) is 0.400. The molecule has 2 aromatic rings. The van der Waals surface area contributed by atoms with Crippen molar-refractivity contribution in [1.82, 2.24) is 4.90 Å². The highest BCUT2D eigenvalue weighted by Crippen LogP contribution is 2.26. The number of likely N-dealkylation sites (N-methyl/N-ethyl adjacent to an activating group) is 2. The lowest BCUT2D eigenvalue weighted by Gasteiger charge is -2.22. The lowest BCUT2D eigenvalue weighted by molar-refractivity contribution is 0.416. The summed E-state index contributed by atoms with van der Waals surface area (Å²) >= 11 is 0. The van der Waals surface area contributed by atoms with Gasteiger partial charge in [-0.2, -0.15) is 0 Å². The standard InChI is InChI=1S/C15H20N2O2/c1-11-6-5-7-12-13(10-14(18)19-15(11)12)17(4)9-8-16(2)3/h5-7,10H,8-9H2,1-4H3. The smallest absolute Gasteiger partial charge is 0.338 e. The van der Waals surface area contributed by atoms with Crippen LogP contribution in [0.4, 0.5) is 5.69 Å². The van der Waals surface area contributed by atoms with E-state index in [-0.39, 0.29) is 5.63 Å². The van der Waals surface area contributed by atoms with Gasteiger partial charge in [0.1, 0.15) is 5.58 Å². The van der Waals surface area contributed by atoms with E-state index < -0.39 is 0 Å². The van der Waals surface area contributed by atoms with Crippen molar-refractivity contribution in [3.63, 3.8) is 0 Å². The highest BCUT2D eigenvalue weighted by atomic mass is 16.4. The third-order valence-corrected chi connectivity index (χ3v) is 3.24. The monoisotopic (exact) mass is 260 g/mol. The number of hydrogen-bond donors (Lipinski definition) is 0. The molecule has 0 fully saturated rings. The molecule has 1 aromatic heterocycles. The molecule has 0 aliphatic carbocycles. The van der Waals surface area contributed by atoms with E-state index in [1.165, 1.54) is 0 Å². The number of benzene rings is 1. The van der Waals surface area contributed by atoms with E-state index in [4.69, 9.17) is 4.42 Å². The van der Waals surface area contributed by atoms with Gasteiger partial charge in [-0.1, -0.05) is 12.1 Å². The molecule has 0 amide bonds. The second kappa shape index (κ2) is 5.45. The fourth-order valence-corrected chi connectivity index (χ4v) is 2.10. The molecule has 0 saturated carbocycles. The zero-order valence-electron chi connectivity index (χ0n) is 11.9. The van der Waals surface area contributed by atoms with Crippen molar-refractivity contribution in [3.05, 3.63) is 40.2 Å². The quantitative estimate of drug-likeness (QED) is 0.789. The van der Waals surface area contributed by atoms with Crippen molar-refractivity contribution in [2.75, 3.05) is 39.1 Å². The minimum atomic E-state index is -0.298. The van der Waals surface area contributed by atoms with Crippen molar-refractivity contribution in [2.45, 2.75) is 6.92 Å². The number of para-hydroxylation sites is 1. The fourth-order valence-electron chi connectivity index (χ4n) is 2.10. The first-order valence-electron chi connectivity index (χ1n) is 6.38. The van der Waals surface area contributed by atoms with Gasteiger partial charge < -0.3 is 14.2 Å². The maximum absolute atomic E-state index is 11.7. The van der Waals surface area contributed by atoms with Gasteiger partial charge in [-0.25, -0.2) is 4.79 Å². The Morgan fingerprint density at radius 1 is 1.16 bits per heavy atom.